The predicted octanol–water partition coefficient (Wildman–Crippen LogP) is 6.11. The normalized spacial score (nSPS) is 20.3. The zero-order valence-electron chi connectivity index (χ0n) is 21.9. The molecule has 4 aromatic rings. The van der Waals surface area contributed by atoms with E-state index >= 15 is 0 Å². The van der Waals surface area contributed by atoms with Crippen LogP contribution in [0.3, 0.4) is 0 Å². The number of para-hydroxylation sites is 1. The molecule has 198 valence electrons. The van der Waals surface area contributed by atoms with Crippen molar-refractivity contribution in [3.8, 4) is 22.8 Å². The van der Waals surface area contributed by atoms with Crippen LogP contribution in [-0.2, 0) is 9.53 Å². The Balaban J connectivity index is 1.60. The lowest BCUT2D eigenvalue weighted by molar-refractivity contribution is -0.128. The van der Waals surface area contributed by atoms with E-state index in [-0.39, 0.29) is 18.1 Å². The molecule has 2 aliphatic rings. The maximum Gasteiger partial charge on any atom is 0.417 e. The molecule has 3 atom stereocenters. The number of amides is 2. The molecule has 0 bridgehead atoms. The molecular weight excluding hydrogens is 497 g/mol. The summed E-state index contributed by atoms with van der Waals surface area (Å²) >= 11 is 0. The van der Waals surface area contributed by atoms with E-state index < -0.39 is 29.8 Å². The van der Waals surface area contributed by atoms with E-state index in [1.165, 1.54) is 17.0 Å². The molecule has 1 saturated heterocycles. The first kappa shape index (κ1) is 24.9. The maximum absolute atomic E-state index is 14.1. The van der Waals surface area contributed by atoms with Gasteiger partial charge in [0.25, 0.3) is 0 Å². The Morgan fingerprint density at radius 1 is 0.974 bits per heavy atom. The number of imide groups is 1. The van der Waals surface area contributed by atoms with E-state index in [9.17, 15) is 14.0 Å². The first-order valence-electron chi connectivity index (χ1n) is 12.9. The molecule has 1 fully saturated rings. The van der Waals surface area contributed by atoms with Gasteiger partial charge in [-0.3, -0.25) is 4.79 Å². The van der Waals surface area contributed by atoms with Crippen LogP contribution < -0.4 is 4.74 Å². The lowest BCUT2D eigenvalue weighted by Crippen LogP contribution is -2.50. The third-order valence-electron chi connectivity index (χ3n) is 6.98. The molecule has 7 nitrogen and oxygen atoms in total. The van der Waals surface area contributed by atoms with Gasteiger partial charge in [0.05, 0.1) is 23.7 Å². The summed E-state index contributed by atoms with van der Waals surface area (Å²) in [7, 11) is 0. The molecule has 0 aliphatic carbocycles. The minimum atomic E-state index is -0.797. The Morgan fingerprint density at radius 3 is 2.26 bits per heavy atom. The summed E-state index contributed by atoms with van der Waals surface area (Å²) in [6.07, 6.45) is -1.37. The molecule has 2 aliphatic heterocycles. The molecular formula is C31H28FN3O4. The summed E-state index contributed by atoms with van der Waals surface area (Å²) in [5, 5.41) is 5.00. The van der Waals surface area contributed by atoms with Crippen molar-refractivity contribution in [2.45, 2.75) is 50.9 Å². The smallest absolute Gasteiger partial charge is 0.417 e. The molecule has 39 heavy (non-hydrogen) atoms. The van der Waals surface area contributed by atoms with Crippen molar-refractivity contribution in [2.75, 3.05) is 0 Å². The molecule has 1 aromatic heterocycles. The van der Waals surface area contributed by atoms with Gasteiger partial charge < -0.3 is 9.47 Å². The molecule has 3 aromatic carbocycles. The molecule has 0 spiro atoms. The van der Waals surface area contributed by atoms with Crippen molar-refractivity contribution in [3.05, 3.63) is 102 Å². The van der Waals surface area contributed by atoms with Crippen LogP contribution in [-0.4, -0.2) is 44.4 Å². The second-order valence-corrected chi connectivity index (χ2v) is 10.8. The fourth-order valence-electron chi connectivity index (χ4n) is 5.44. The van der Waals surface area contributed by atoms with Gasteiger partial charge in [0.2, 0.25) is 11.8 Å². The number of nitrogens with zero attached hydrogens (tertiary/aromatic N) is 3. The van der Waals surface area contributed by atoms with Gasteiger partial charge in [0.1, 0.15) is 23.2 Å². The van der Waals surface area contributed by atoms with E-state index in [1.807, 2.05) is 60.7 Å². The van der Waals surface area contributed by atoms with Gasteiger partial charge in [0, 0.05) is 11.5 Å². The molecule has 2 amide bonds. The highest BCUT2D eigenvalue weighted by Crippen LogP contribution is 2.50. The number of carbonyl (C=O) groups excluding carboxylic acids is 2. The molecule has 0 saturated carbocycles. The fourth-order valence-corrected chi connectivity index (χ4v) is 5.44. The van der Waals surface area contributed by atoms with E-state index in [2.05, 4.69) is 0 Å². The van der Waals surface area contributed by atoms with Gasteiger partial charge >= 0.3 is 6.09 Å². The minimum Gasteiger partial charge on any atom is -0.471 e. The standard InChI is InChI=1S/C31H28FN3O4/c1-31(2,3)39-30(37)34-24(36)18-23-28(34)25(19-14-16-21(32)17-15-19)26-27(20-10-6-4-7-11-20)33-35(29(26)38-23)22-12-8-5-9-13-22/h4-17,23,25,28H,18H2,1-3H3/t23-,25-,28+/m1/s1. The summed E-state index contributed by atoms with van der Waals surface area (Å²) in [4.78, 5) is 27.9. The first-order valence-corrected chi connectivity index (χ1v) is 12.9. The second kappa shape index (κ2) is 9.38. The Hall–Kier alpha value is -4.46. The number of aromatic nitrogens is 2. The summed E-state index contributed by atoms with van der Waals surface area (Å²) in [5.74, 6) is -0.796. The number of rotatable bonds is 3. The van der Waals surface area contributed by atoms with Crippen LogP contribution in [0.25, 0.3) is 16.9 Å². The molecule has 3 heterocycles. The predicted molar refractivity (Wildman–Crippen MR) is 143 cm³/mol. The third-order valence-corrected chi connectivity index (χ3v) is 6.98. The highest BCUT2D eigenvalue weighted by Gasteiger charge is 2.55. The van der Waals surface area contributed by atoms with Gasteiger partial charge in [-0.1, -0.05) is 60.7 Å². The number of ether oxygens (including phenoxy) is 2. The van der Waals surface area contributed by atoms with Gasteiger partial charge in [0.15, 0.2) is 0 Å². The molecule has 0 radical (unpaired) electrons. The summed E-state index contributed by atoms with van der Waals surface area (Å²) in [5.41, 5.74) is 2.97. The van der Waals surface area contributed by atoms with Crippen LogP contribution in [0.5, 0.6) is 5.88 Å². The summed E-state index contributed by atoms with van der Waals surface area (Å²) in [6, 6.07) is 24.7. The zero-order valence-corrected chi connectivity index (χ0v) is 21.9. The fraction of sp³-hybridized carbons (Fsp3) is 0.258. The Bertz CT molecular complexity index is 1530. The third kappa shape index (κ3) is 4.46. The second-order valence-electron chi connectivity index (χ2n) is 10.8. The number of benzene rings is 3. The number of carbonyl (C=O) groups is 2. The number of hydrogen-bond acceptors (Lipinski definition) is 5. The SMILES string of the molecule is CC(C)(C)OC(=O)N1C(=O)C[C@H]2Oc3c(c(-c4ccccc4)nn3-c3ccccc3)[C@@H](c3ccc(F)cc3)[C@H]21. The van der Waals surface area contributed by atoms with Gasteiger partial charge in [-0.2, -0.15) is 5.10 Å². The average molecular weight is 526 g/mol. The van der Waals surface area contributed by atoms with Gasteiger partial charge in [-0.15, -0.1) is 0 Å². The molecule has 0 N–H and O–H groups in total. The van der Waals surface area contributed by atoms with Gasteiger partial charge in [-0.05, 0) is 50.6 Å². The van der Waals surface area contributed by atoms with Crippen LogP contribution in [0, 0.1) is 5.82 Å². The van der Waals surface area contributed by atoms with Crippen molar-refractivity contribution in [1.29, 1.82) is 0 Å². The molecule has 8 heteroatoms. The monoisotopic (exact) mass is 525 g/mol. The highest BCUT2D eigenvalue weighted by molar-refractivity contribution is 5.95. The van der Waals surface area contributed by atoms with Crippen molar-refractivity contribution < 1.29 is 23.5 Å². The van der Waals surface area contributed by atoms with Crippen LogP contribution in [0.15, 0.2) is 84.9 Å². The first-order chi connectivity index (χ1) is 18.7. The van der Waals surface area contributed by atoms with E-state index in [1.54, 1.807) is 37.6 Å². The topological polar surface area (TPSA) is 73.7 Å². The van der Waals surface area contributed by atoms with Crippen molar-refractivity contribution in [3.63, 3.8) is 0 Å². The quantitative estimate of drug-likeness (QED) is 0.323. The largest absolute Gasteiger partial charge is 0.471 e. The van der Waals surface area contributed by atoms with Crippen molar-refractivity contribution in [1.82, 2.24) is 14.7 Å². The Kier molecular flexibility index (Phi) is 5.98. The summed E-state index contributed by atoms with van der Waals surface area (Å²) in [6.45, 7) is 5.27. The van der Waals surface area contributed by atoms with E-state index in [0.29, 0.717) is 11.6 Å². The number of hydrogen-bond donors (Lipinski definition) is 0. The van der Waals surface area contributed by atoms with Crippen molar-refractivity contribution in [2.24, 2.45) is 0 Å². The van der Waals surface area contributed by atoms with E-state index in [0.717, 1.165) is 22.4 Å². The van der Waals surface area contributed by atoms with E-state index in [4.69, 9.17) is 14.6 Å². The number of halogens is 1. The van der Waals surface area contributed by atoms with Crippen LogP contribution >= 0.6 is 0 Å². The van der Waals surface area contributed by atoms with Crippen LogP contribution in [0.2, 0.25) is 0 Å². The zero-order chi connectivity index (χ0) is 27.3. The number of likely N-dealkylation sites (tertiary alicyclic amines) is 1. The van der Waals surface area contributed by atoms with Gasteiger partial charge in [-0.25, -0.2) is 18.8 Å². The number of fused-ring (bicyclic) bond motifs is 2. The molecule has 0 unspecified atom stereocenters. The Morgan fingerprint density at radius 2 is 1.62 bits per heavy atom. The molecule has 6 rings (SSSR count). The minimum absolute atomic E-state index is 0.00167. The maximum atomic E-state index is 14.1. The lowest BCUT2D eigenvalue weighted by atomic mass is 9.80. The van der Waals surface area contributed by atoms with Crippen molar-refractivity contribution >= 4 is 12.0 Å². The summed E-state index contributed by atoms with van der Waals surface area (Å²) < 4.78 is 28.0. The van der Waals surface area contributed by atoms with Crippen LogP contribution in [0.4, 0.5) is 9.18 Å². The lowest BCUT2D eigenvalue weighted by Gasteiger charge is -2.38. The van der Waals surface area contributed by atoms with Crippen LogP contribution in [0.1, 0.15) is 44.2 Å². The average Bonchev–Trinajstić information content (AvgIpc) is 3.45. The Labute approximate surface area is 225 Å². The highest BCUT2D eigenvalue weighted by atomic mass is 19.1.